The Morgan fingerprint density at radius 1 is 1.21 bits per heavy atom. The zero-order valence-corrected chi connectivity index (χ0v) is 18.8. The second-order valence-corrected chi connectivity index (χ2v) is 7.58. The van der Waals surface area contributed by atoms with E-state index in [4.69, 9.17) is 14.2 Å². The summed E-state index contributed by atoms with van der Waals surface area (Å²) in [6.07, 6.45) is 1.43. The fourth-order valence-corrected chi connectivity index (χ4v) is 3.80. The summed E-state index contributed by atoms with van der Waals surface area (Å²) in [6, 6.07) is 3.18. The molecule has 0 spiro atoms. The van der Waals surface area contributed by atoms with E-state index in [9.17, 15) is 14.4 Å². The third-order valence-electron chi connectivity index (χ3n) is 4.81. The van der Waals surface area contributed by atoms with E-state index in [1.165, 1.54) is 19.1 Å². The van der Waals surface area contributed by atoms with Crippen molar-refractivity contribution in [2.75, 3.05) is 47.5 Å². The fraction of sp³-hybridized carbons (Fsp3) is 0.550. The number of amides is 2. The number of nitrogens with zero attached hydrogens (tertiary/aromatic N) is 2. The molecule has 1 aromatic rings. The molecule has 0 bridgehead atoms. The van der Waals surface area contributed by atoms with Crippen LogP contribution in [0.1, 0.15) is 30.1 Å². The summed E-state index contributed by atoms with van der Waals surface area (Å²) in [7, 11) is 4.56. The smallest absolute Gasteiger partial charge is 0.310 e. The van der Waals surface area contributed by atoms with Crippen LogP contribution >= 0.6 is 15.9 Å². The lowest BCUT2D eigenvalue weighted by atomic mass is 9.98. The number of benzene rings is 1. The highest BCUT2D eigenvalue weighted by Crippen LogP contribution is 2.35. The predicted octanol–water partition coefficient (Wildman–Crippen LogP) is 2.34. The van der Waals surface area contributed by atoms with Gasteiger partial charge >= 0.3 is 5.97 Å². The molecule has 160 valence electrons. The van der Waals surface area contributed by atoms with Crippen LogP contribution in [0.25, 0.3) is 0 Å². The topological polar surface area (TPSA) is 85.4 Å². The van der Waals surface area contributed by atoms with Gasteiger partial charge in [0.25, 0.3) is 5.91 Å². The lowest BCUT2D eigenvalue weighted by molar-refractivity contribution is -0.151. The number of methoxy groups -OCH3 is 2. The normalized spacial score (nSPS) is 16.2. The molecule has 1 aromatic carbocycles. The number of carbonyl (C=O) groups is 3. The van der Waals surface area contributed by atoms with Gasteiger partial charge in [0.2, 0.25) is 5.91 Å². The molecular weight excluding hydrogens is 444 g/mol. The lowest BCUT2D eigenvalue weighted by Gasteiger charge is -2.32. The predicted molar refractivity (Wildman–Crippen MR) is 110 cm³/mol. The number of rotatable bonds is 7. The van der Waals surface area contributed by atoms with Crippen LogP contribution in [0.5, 0.6) is 11.5 Å². The maximum Gasteiger partial charge on any atom is 0.310 e. The second kappa shape index (κ2) is 10.5. The first-order valence-corrected chi connectivity index (χ1v) is 10.2. The molecule has 1 atom stereocenters. The van der Waals surface area contributed by atoms with Gasteiger partial charge in [-0.05, 0) is 47.8 Å². The van der Waals surface area contributed by atoms with Crippen molar-refractivity contribution in [3.63, 3.8) is 0 Å². The molecule has 0 radical (unpaired) electrons. The molecule has 29 heavy (non-hydrogen) atoms. The van der Waals surface area contributed by atoms with E-state index in [1.807, 2.05) is 0 Å². The van der Waals surface area contributed by atoms with E-state index in [1.54, 1.807) is 31.0 Å². The third-order valence-corrected chi connectivity index (χ3v) is 5.59. The molecule has 1 unspecified atom stereocenters. The van der Waals surface area contributed by atoms with Crippen LogP contribution in [0.4, 0.5) is 0 Å². The van der Waals surface area contributed by atoms with Gasteiger partial charge in [0.1, 0.15) is 16.0 Å². The van der Waals surface area contributed by atoms with Gasteiger partial charge in [0.15, 0.2) is 0 Å². The standard InChI is InChI=1S/C20H27BrN2O6/c1-5-29-20(26)13-7-6-8-23(11-13)17(24)12-22(2)19(25)14-9-15(27-3)18(21)16(10-14)28-4/h9-10,13H,5-8,11-12H2,1-4H3. The molecular formula is C20H27BrN2O6. The number of carbonyl (C=O) groups excluding carboxylic acids is 3. The van der Waals surface area contributed by atoms with Crippen LogP contribution in [0.2, 0.25) is 0 Å². The minimum Gasteiger partial charge on any atom is -0.495 e. The van der Waals surface area contributed by atoms with Crippen molar-refractivity contribution in [1.29, 1.82) is 0 Å². The SMILES string of the molecule is CCOC(=O)C1CCCN(C(=O)CN(C)C(=O)c2cc(OC)c(Br)c(OC)c2)C1. The molecule has 1 fully saturated rings. The Bertz CT molecular complexity index is 744. The van der Waals surface area contributed by atoms with Crippen molar-refractivity contribution in [2.24, 2.45) is 5.92 Å². The van der Waals surface area contributed by atoms with Crippen LogP contribution in [-0.2, 0) is 14.3 Å². The summed E-state index contributed by atoms with van der Waals surface area (Å²) in [5, 5.41) is 0. The van der Waals surface area contributed by atoms with Gasteiger partial charge < -0.3 is 24.0 Å². The molecule has 0 aromatic heterocycles. The van der Waals surface area contributed by atoms with Crippen LogP contribution in [0, 0.1) is 5.92 Å². The Hall–Kier alpha value is -2.29. The third kappa shape index (κ3) is 5.62. The molecule has 0 N–H and O–H groups in total. The second-order valence-electron chi connectivity index (χ2n) is 6.79. The van der Waals surface area contributed by atoms with Crippen molar-refractivity contribution in [3.8, 4) is 11.5 Å². The fourth-order valence-electron chi connectivity index (χ4n) is 3.24. The van der Waals surface area contributed by atoms with E-state index in [-0.39, 0.29) is 30.2 Å². The summed E-state index contributed by atoms with van der Waals surface area (Å²) in [5.74, 6) is -0.203. The molecule has 2 rings (SSSR count). The van der Waals surface area contributed by atoms with Crippen LogP contribution in [0.3, 0.4) is 0 Å². The number of halogens is 1. The molecule has 1 heterocycles. The Morgan fingerprint density at radius 3 is 2.38 bits per heavy atom. The number of esters is 1. The number of piperidine rings is 1. The first-order chi connectivity index (χ1) is 13.8. The largest absolute Gasteiger partial charge is 0.495 e. The van der Waals surface area contributed by atoms with E-state index in [2.05, 4.69) is 15.9 Å². The number of ether oxygens (including phenoxy) is 3. The summed E-state index contributed by atoms with van der Waals surface area (Å²) >= 11 is 3.37. The molecule has 2 amide bonds. The van der Waals surface area contributed by atoms with Gasteiger partial charge in [-0.15, -0.1) is 0 Å². The summed E-state index contributed by atoms with van der Waals surface area (Å²) in [4.78, 5) is 40.5. The van der Waals surface area contributed by atoms with Crippen molar-refractivity contribution in [2.45, 2.75) is 19.8 Å². The van der Waals surface area contributed by atoms with Crippen LogP contribution in [0.15, 0.2) is 16.6 Å². The van der Waals surface area contributed by atoms with E-state index in [0.717, 1.165) is 6.42 Å². The first kappa shape index (κ1) is 23.0. The summed E-state index contributed by atoms with van der Waals surface area (Å²) < 4.78 is 16.2. The average Bonchev–Trinajstić information content (AvgIpc) is 2.73. The Balaban J connectivity index is 2.05. The number of hydrogen-bond acceptors (Lipinski definition) is 6. The van der Waals surface area contributed by atoms with Crippen molar-refractivity contribution >= 4 is 33.7 Å². The summed E-state index contributed by atoms with van der Waals surface area (Å²) in [6.45, 7) is 2.88. The molecule has 9 heteroatoms. The van der Waals surface area contributed by atoms with E-state index >= 15 is 0 Å². The minimum absolute atomic E-state index is 0.0882. The van der Waals surface area contributed by atoms with Gasteiger partial charge in [-0.25, -0.2) is 0 Å². The highest BCUT2D eigenvalue weighted by atomic mass is 79.9. The monoisotopic (exact) mass is 470 g/mol. The van der Waals surface area contributed by atoms with Crippen LogP contribution in [-0.4, -0.2) is 75.1 Å². The van der Waals surface area contributed by atoms with Crippen molar-refractivity contribution < 1.29 is 28.6 Å². The Morgan fingerprint density at radius 2 is 1.83 bits per heavy atom. The Labute approximate surface area is 179 Å². The highest BCUT2D eigenvalue weighted by Gasteiger charge is 2.30. The minimum atomic E-state index is -0.332. The number of likely N-dealkylation sites (tertiary alicyclic amines) is 1. The molecule has 0 aliphatic carbocycles. The van der Waals surface area contributed by atoms with Crippen molar-refractivity contribution in [1.82, 2.24) is 9.80 Å². The number of likely N-dealkylation sites (N-methyl/N-ethyl adjacent to an activating group) is 1. The van der Waals surface area contributed by atoms with Crippen LogP contribution < -0.4 is 9.47 Å². The van der Waals surface area contributed by atoms with Gasteiger partial charge in [-0.2, -0.15) is 0 Å². The summed E-state index contributed by atoms with van der Waals surface area (Å²) in [5.41, 5.74) is 0.347. The maximum atomic E-state index is 12.8. The first-order valence-electron chi connectivity index (χ1n) is 9.43. The Kier molecular flexibility index (Phi) is 8.31. The zero-order valence-electron chi connectivity index (χ0n) is 17.2. The quantitative estimate of drug-likeness (QED) is 0.568. The molecule has 1 saturated heterocycles. The lowest BCUT2D eigenvalue weighted by Crippen LogP contribution is -2.47. The highest BCUT2D eigenvalue weighted by molar-refractivity contribution is 9.10. The van der Waals surface area contributed by atoms with Gasteiger partial charge in [0.05, 0.1) is 33.3 Å². The molecule has 0 saturated carbocycles. The zero-order chi connectivity index (χ0) is 21.6. The van der Waals surface area contributed by atoms with Gasteiger partial charge in [-0.1, -0.05) is 0 Å². The van der Waals surface area contributed by atoms with E-state index in [0.29, 0.717) is 47.7 Å². The molecule has 8 nitrogen and oxygen atoms in total. The van der Waals surface area contributed by atoms with Gasteiger partial charge in [0, 0.05) is 25.7 Å². The van der Waals surface area contributed by atoms with E-state index < -0.39 is 0 Å². The number of hydrogen-bond donors (Lipinski definition) is 0. The molecule has 1 aliphatic rings. The van der Waals surface area contributed by atoms with Crippen molar-refractivity contribution in [3.05, 3.63) is 22.2 Å². The maximum absolute atomic E-state index is 12.8. The van der Waals surface area contributed by atoms with Gasteiger partial charge in [-0.3, -0.25) is 14.4 Å². The average molecular weight is 471 g/mol. The molecule has 1 aliphatic heterocycles.